The zero-order chi connectivity index (χ0) is 32.2. The van der Waals surface area contributed by atoms with Gasteiger partial charge in [-0.05, 0) is 59.7 Å². The van der Waals surface area contributed by atoms with E-state index in [1.54, 1.807) is 42.7 Å². The van der Waals surface area contributed by atoms with Crippen LogP contribution in [0.2, 0.25) is 0 Å². The summed E-state index contributed by atoms with van der Waals surface area (Å²) in [5.74, 6) is 0.230. The van der Waals surface area contributed by atoms with Crippen LogP contribution in [0.4, 0.5) is 11.4 Å². The van der Waals surface area contributed by atoms with E-state index in [0.717, 1.165) is 17.5 Å². The van der Waals surface area contributed by atoms with Gasteiger partial charge in [-0.3, -0.25) is 25.2 Å². The number of phenols is 1. The molecule has 0 unspecified atom stereocenters. The lowest BCUT2D eigenvalue weighted by Gasteiger charge is -2.12. The summed E-state index contributed by atoms with van der Waals surface area (Å²) < 4.78 is 0. The fourth-order valence-electron chi connectivity index (χ4n) is 3.64. The Hall–Kier alpha value is -6.29. The molecule has 5 aromatic rings. The van der Waals surface area contributed by atoms with Gasteiger partial charge in [0.05, 0.1) is 17.5 Å². The molecular formula is C35H31N5O5. The Kier molecular flexibility index (Phi) is 13.5. The van der Waals surface area contributed by atoms with Crippen LogP contribution in [0, 0.1) is 20.2 Å². The predicted octanol–water partition coefficient (Wildman–Crippen LogP) is 9.00. The van der Waals surface area contributed by atoms with Crippen LogP contribution in [0.3, 0.4) is 0 Å². The van der Waals surface area contributed by atoms with Crippen LogP contribution in [0.1, 0.15) is 6.42 Å². The molecule has 6 rings (SSSR count). The first-order valence-corrected chi connectivity index (χ1v) is 13.8. The second-order valence-electron chi connectivity index (χ2n) is 9.19. The number of allylic oxidation sites excluding steroid dienone is 2. The highest BCUT2D eigenvalue weighted by Crippen LogP contribution is 2.22. The second kappa shape index (κ2) is 18.3. The van der Waals surface area contributed by atoms with Crippen LogP contribution in [-0.4, -0.2) is 25.6 Å². The van der Waals surface area contributed by atoms with E-state index in [0.29, 0.717) is 0 Å². The van der Waals surface area contributed by atoms with Gasteiger partial charge in [0.1, 0.15) is 22.0 Å². The van der Waals surface area contributed by atoms with Crippen LogP contribution >= 0.6 is 0 Å². The van der Waals surface area contributed by atoms with Crippen LogP contribution in [0.5, 0.6) is 5.75 Å². The van der Waals surface area contributed by atoms with Gasteiger partial charge in [-0.15, -0.1) is 0 Å². The first kappa shape index (κ1) is 33.2. The van der Waals surface area contributed by atoms with E-state index >= 15 is 0 Å². The fourth-order valence-corrected chi connectivity index (χ4v) is 3.64. The lowest BCUT2D eigenvalue weighted by Crippen LogP contribution is -2.44. The number of azo groups is 1. The van der Waals surface area contributed by atoms with Gasteiger partial charge < -0.3 is 5.11 Å². The lowest BCUT2D eigenvalue weighted by atomic mass is 10.0. The van der Waals surface area contributed by atoms with Crippen molar-refractivity contribution in [3.63, 3.8) is 0 Å². The normalized spacial score (nSPS) is 12.3. The molecule has 10 heteroatoms. The zero-order valence-corrected chi connectivity index (χ0v) is 24.2. The summed E-state index contributed by atoms with van der Waals surface area (Å²) in [5.41, 5.74) is 1.94. The number of nitro groups is 2. The summed E-state index contributed by atoms with van der Waals surface area (Å²) in [7, 11) is 0. The Bertz CT molecular complexity index is 1590. The highest BCUT2D eigenvalue weighted by molar-refractivity contribution is 5.62. The Morgan fingerprint density at radius 3 is 1.40 bits per heavy atom. The van der Waals surface area contributed by atoms with Gasteiger partial charge in [0, 0.05) is 12.4 Å². The first-order valence-electron chi connectivity index (χ1n) is 13.8. The molecule has 0 bridgehead atoms. The van der Waals surface area contributed by atoms with Crippen LogP contribution in [0.15, 0.2) is 180 Å². The largest absolute Gasteiger partial charge is 0.508 e. The summed E-state index contributed by atoms with van der Waals surface area (Å²) in [5, 5.41) is 37.9. The zero-order valence-electron chi connectivity index (χ0n) is 24.2. The van der Waals surface area contributed by atoms with E-state index in [1.165, 1.54) is 23.3 Å². The minimum atomic E-state index is -2.14. The van der Waals surface area contributed by atoms with E-state index in [1.807, 2.05) is 60.7 Å². The topological polar surface area (TPSA) is 144 Å². The van der Waals surface area contributed by atoms with E-state index in [9.17, 15) is 20.2 Å². The van der Waals surface area contributed by atoms with Crippen molar-refractivity contribution in [2.75, 3.05) is 0 Å². The number of phenolic OH excluding ortho intramolecular Hbond substituents is 1. The Labute approximate surface area is 260 Å². The summed E-state index contributed by atoms with van der Waals surface area (Å²) in [4.78, 5) is 22.8. The highest BCUT2D eigenvalue weighted by Gasteiger charge is 2.52. The van der Waals surface area contributed by atoms with Crippen molar-refractivity contribution in [2.24, 2.45) is 10.2 Å². The molecule has 1 aliphatic rings. The average molecular weight is 602 g/mol. The van der Waals surface area contributed by atoms with Crippen molar-refractivity contribution in [3.05, 3.63) is 190 Å². The van der Waals surface area contributed by atoms with Gasteiger partial charge in [0.15, 0.2) is 0 Å². The van der Waals surface area contributed by atoms with Crippen molar-refractivity contribution in [3.8, 4) is 16.9 Å². The van der Waals surface area contributed by atoms with Crippen LogP contribution in [0.25, 0.3) is 11.1 Å². The van der Waals surface area contributed by atoms with Gasteiger partial charge in [0.2, 0.25) is 0 Å². The molecule has 45 heavy (non-hydrogen) atoms. The quantitative estimate of drug-likeness (QED) is 0.0921. The molecule has 0 aliphatic heterocycles. The molecule has 0 saturated heterocycles. The molecule has 1 N–H and O–H groups in total. The Morgan fingerprint density at radius 1 is 0.600 bits per heavy atom. The molecule has 1 heterocycles. The molecule has 0 spiro atoms. The predicted molar refractivity (Wildman–Crippen MR) is 174 cm³/mol. The number of pyridine rings is 1. The molecule has 4 aromatic carbocycles. The number of nitrogens with zero attached hydrogens (tertiary/aromatic N) is 5. The maximum atomic E-state index is 10.4. The monoisotopic (exact) mass is 601 g/mol. The first-order chi connectivity index (χ1) is 21.9. The molecule has 1 aliphatic carbocycles. The summed E-state index contributed by atoms with van der Waals surface area (Å²) in [6, 6.07) is 42.6. The van der Waals surface area contributed by atoms with Gasteiger partial charge in [-0.2, -0.15) is 10.2 Å². The molecule has 0 saturated carbocycles. The number of aromatic hydroxyl groups is 1. The van der Waals surface area contributed by atoms with Crippen molar-refractivity contribution < 1.29 is 15.0 Å². The third-order valence-electron chi connectivity index (χ3n) is 6.00. The molecule has 1 aromatic heterocycles. The standard InChI is InChI=1S/C12H10N2O.C12H10.C6H6N2O4.C5H5N/c15-12-8-6-11(7-9-12)14-13-10-4-2-1-3-5-10;1-3-7-11(8-4-1)12-9-5-2-6-10-12;9-7(10)6(8(11)12)4-2-1-3-5-6;1-2-4-6-5-3-1/h1-9,15H;1-10H;1-4H,5H2;1-5H. The van der Waals surface area contributed by atoms with Crippen molar-refractivity contribution in [1.29, 1.82) is 0 Å². The highest BCUT2D eigenvalue weighted by atomic mass is 16.7. The Balaban J connectivity index is 0.000000170. The second-order valence-corrected chi connectivity index (χ2v) is 9.19. The summed E-state index contributed by atoms with van der Waals surface area (Å²) in [6.07, 6.45) is 8.57. The maximum absolute atomic E-state index is 10.4. The summed E-state index contributed by atoms with van der Waals surface area (Å²) in [6.45, 7) is 0. The van der Waals surface area contributed by atoms with E-state index in [-0.39, 0.29) is 12.2 Å². The Morgan fingerprint density at radius 2 is 1.04 bits per heavy atom. The number of rotatable bonds is 5. The SMILES string of the molecule is O=[N+]([O-])C1([N+](=O)[O-])C=CC=CC1.Oc1ccc(N=Nc2ccccc2)cc1.c1ccc(-c2ccccc2)cc1.c1ccncc1. The van der Waals surface area contributed by atoms with Crippen molar-refractivity contribution >= 4 is 11.4 Å². The minimum Gasteiger partial charge on any atom is -0.508 e. The number of hydrogen-bond donors (Lipinski definition) is 1. The number of aromatic nitrogens is 1. The van der Waals surface area contributed by atoms with E-state index < -0.39 is 15.5 Å². The van der Waals surface area contributed by atoms with Crippen molar-refractivity contribution in [1.82, 2.24) is 4.98 Å². The van der Waals surface area contributed by atoms with E-state index in [2.05, 4.69) is 63.7 Å². The molecule has 0 radical (unpaired) electrons. The van der Waals surface area contributed by atoms with Crippen LogP contribution < -0.4 is 0 Å². The van der Waals surface area contributed by atoms with Gasteiger partial charge >= 0.3 is 5.66 Å². The third-order valence-corrected chi connectivity index (χ3v) is 6.00. The van der Waals surface area contributed by atoms with Crippen LogP contribution in [-0.2, 0) is 0 Å². The third kappa shape index (κ3) is 11.5. The molecular weight excluding hydrogens is 570 g/mol. The molecule has 0 fully saturated rings. The van der Waals surface area contributed by atoms with Gasteiger partial charge in [-0.25, -0.2) is 0 Å². The van der Waals surface area contributed by atoms with Gasteiger partial charge in [0.25, 0.3) is 0 Å². The lowest BCUT2D eigenvalue weighted by molar-refractivity contribution is -0.780. The smallest absolute Gasteiger partial charge is 0.481 e. The molecule has 0 amide bonds. The fraction of sp³-hybridized carbons (Fsp3) is 0.0571. The average Bonchev–Trinajstić information content (AvgIpc) is 3.11. The molecule has 0 atom stereocenters. The molecule has 10 nitrogen and oxygen atoms in total. The van der Waals surface area contributed by atoms with Crippen molar-refractivity contribution in [2.45, 2.75) is 12.1 Å². The van der Waals surface area contributed by atoms with Gasteiger partial charge in [-0.1, -0.05) is 103 Å². The minimum absolute atomic E-state index is 0.191. The molecule has 226 valence electrons. The van der Waals surface area contributed by atoms with E-state index in [4.69, 9.17) is 5.11 Å². The number of hydrogen-bond acceptors (Lipinski definition) is 8. The summed E-state index contributed by atoms with van der Waals surface area (Å²) >= 11 is 0. The number of benzene rings is 4. The maximum Gasteiger partial charge on any atom is 0.481 e.